The quantitative estimate of drug-likeness (QED) is 0.724. The number of anilines is 1. The third-order valence-corrected chi connectivity index (χ3v) is 2.77. The molecule has 3 aromatic rings. The molecule has 0 saturated heterocycles. The lowest BCUT2D eigenvalue weighted by atomic mass is 10.2. The average molecular weight is 224 g/mol. The van der Waals surface area contributed by atoms with Gasteiger partial charge in [0, 0.05) is 17.8 Å². The van der Waals surface area contributed by atoms with Crippen LogP contribution in [0.25, 0.3) is 10.9 Å². The van der Waals surface area contributed by atoms with Gasteiger partial charge in [0.15, 0.2) is 5.82 Å². The molecule has 0 radical (unpaired) electrons. The molecule has 0 bridgehead atoms. The fourth-order valence-corrected chi connectivity index (χ4v) is 1.93. The summed E-state index contributed by atoms with van der Waals surface area (Å²) in [6.07, 6.45) is 3.56. The standard InChI is InChI=1S/C13H12N4/c14-13-11-3-1-2-4-12(11)17(16-13)9-10-5-7-15-8-6-10/h1-8H,9H2,(H2,14,16). The first-order valence-corrected chi connectivity index (χ1v) is 5.44. The minimum atomic E-state index is 0.578. The molecule has 0 aliphatic rings. The van der Waals surface area contributed by atoms with Crippen molar-refractivity contribution in [1.29, 1.82) is 0 Å². The molecular weight excluding hydrogens is 212 g/mol. The van der Waals surface area contributed by atoms with Gasteiger partial charge in [0.2, 0.25) is 0 Å². The van der Waals surface area contributed by atoms with Crippen molar-refractivity contribution in [3.05, 3.63) is 54.4 Å². The highest BCUT2D eigenvalue weighted by Crippen LogP contribution is 2.20. The minimum Gasteiger partial charge on any atom is -0.382 e. The highest BCUT2D eigenvalue weighted by Gasteiger charge is 2.06. The first-order chi connectivity index (χ1) is 8.34. The van der Waals surface area contributed by atoms with Crippen molar-refractivity contribution >= 4 is 16.7 Å². The van der Waals surface area contributed by atoms with Crippen LogP contribution >= 0.6 is 0 Å². The summed E-state index contributed by atoms with van der Waals surface area (Å²) in [5, 5.41) is 5.36. The zero-order valence-electron chi connectivity index (χ0n) is 9.24. The van der Waals surface area contributed by atoms with Crippen LogP contribution in [0.15, 0.2) is 48.8 Å². The Labute approximate surface area is 98.7 Å². The van der Waals surface area contributed by atoms with Crippen LogP contribution in [-0.2, 0) is 6.54 Å². The second-order valence-electron chi connectivity index (χ2n) is 3.92. The normalized spacial score (nSPS) is 10.8. The van der Waals surface area contributed by atoms with E-state index in [1.54, 1.807) is 12.4 Å². The topological polar surface area (TPSA) is 56.7 Å². The lowest BCUT2D eigenvalue weighted by Crippen LogP contribution is -2.02. The number of para-hydroxylation sites is 1. The van der Waals surface area contributed by atoms with Gasteiger partial charge in [-0.15, -0.1) is 0 Å². The van der Waals surface area contributed by atoms with Gasteiger partial charge in [0.05, 0.1) is 12.1 Å². The fraction of sp³-hybridized carbons (Fsp3) is 0.0769. The Morgan fingerprint density at radius 1 is 1.06 bits per heavy atom. The summed E-state index contributed by atoms with van der Waals surface area (Å²) in [5.74, 6) is 0.578. The molecule has 0 fully saturated rings. The van der Waals surface area contributed by atoms with Crippen LogP contribution in [0.2, 0.25) is 0 Å². The Bertz CT molecular complexity index is 643. The van der Waals surface area contributed by atoms with Crippen LogP contribution in [0.3, 0.4) is 0 Å². The van der Waals surface area contributed by atoms with Crippen LogP contribution in [0.1, 0.15) is 5.56 Å². The fourth-order valence-electron chi connectivity index (χ4n) is 1.93. The van der Waals surface area contributed by atoms with E-state index in [4.69, 9.17) is 5.73 Å². The Kier molecular flexibility index (Phi) is 2.26. The molecule has 0 atom stereocenters. The SMILES string of the molecule is Nc1nn(Cc2ccncc2)c2ccccc12. The van der Waals surface area contributed by atoms with Crippen LogP contribution in [0, 0.1) is 0 Å². The number of nitrogens with two attached hydrogens (primary N) is 1. The summed E-state index contributed by atoms with van der Waals surface area (Å²) in [6.45, 7) is 0.709. The lowest BCUT2D eigenvalue weighted by Gasteiger charge is -2.02. The predicted octanol–water partition coefficient (Wildman–Crippen LogP) is 2.06. The molecule has 0 aliphatic heterocycles. The zero-order chi connectivity index (χ0) is 11.7. The van der Waals surface area contributed by atoms with E-state index in [0.717, 1.165) is 16.5 Å². The Balaban J connectivity index is 2.07. The van der Waals surface area contributed by atoms with Crippen LogP contribution in [0.5, 0.6) is 0 Å². The number of rotatable bonds is 2. The van der Waals surface area contributed by atoms with Gasteiger partial charge in [-0.05, 0) is 29.8 Å². The largest absolute Gasteiger partial charge is 0.382 e. The summed E-state index contributed by atoms with van der Waals surface area (Å²) in [6, 6.07) is 11.9. The number of hydrogen-bond donors (Lipinski definition) is 1. The molecule has 0 spiro atoms. The number of pyridine rings is 1. The Morgan fingerprint density at radius 3 is 2.65 bits per heavy atom. The van der Waals surface area contributed by atoms with E-state index >= 15 is 0 Å². The summed E-state index contributed by atoms with van der Waals surface area (Å²) >= 11 is 0. The van der Waals surface area contributed by atoms with Gasteiger partial charge in [0.1, 0.15) is 0 Å². The summed E-state index contributed by atoms with van der Waals surface area (Å²) in [5.41, 5.74) is 8.10. The van der Waals surface area contributed by atoms with Crippen molar-refractivity contribution < 1.29 is 0 Å². The van der Waals surface area contributed by atoms with Gasteiger partial charge in [-0.3, -0.25) is 9.67 Å². The van der Waals surface area contributed by atoms with E-state index in [0.29, 0.717) is 12.4 Å². The number of hydrogen-bond acceptors (Lipinski definition) is 3. The maximum absolute atomic E-state index is 5.89. The van der Waals surface area contributed by atoms with Gasteiger partial charge in [0.25, 0.3) is 0 Å². The zero-order valence-corrected chi connectivity index (χ0v) is 9.24. The van der Waals surface area contributed by atoms with Gasteiger partial charge in [-0.1, -0.05) is 12.1 Å². The minimum absolute atomic E-state index is 0.578. The summed E-state index contributed by atoms with van der Waals surface area (Å²) in [4.78, 5) is 4.00. The molecule has 17 heavy (non-hydrogen) atoms. The molecule has 0 aliphatic carbocycles. The van der Waals surface area contributed by atoms with Gasteiger partial charge in [-0.25, -0.2) is 0 Å². The highest BCUT2D eigenvalue weighted by molar-refractivity contribution is 5.89. The van der Waals surface area contributed by atoms with E-state index in [1.165, 1.54) is 0 Å². The van der Waals surface area contributed by atoms with E-state index < -0.39 is 0 Å². The Morgan fingerprint density at radius 2 is 1.82 bits per heavy atom. The molecule has 0 saturated carbocycles. The molecule has 4 heteroatoms. The Hall–Kier alpha value is -2.36. The van der Waals surface area contributed by atoms with E-state index in [9.17, 15) is 0 Å². The summed E-state index contributed by atoms with van der Waals surface area (Å²) < 4.78 is 1.92. The van der Waals surface area contributed by atoms with Crippen molar-refractivity contribution in [1.82, 2.24) is 14.8 Å². The van der Waals surface area contributed by atoms with Crippen molar-refractivity contribution in [2.45, 2.75) is 6.54 Å². The molecule has 0 amide bonds. The van der Waals surface area contributed by atoms with Gasteiger partial charge >= 0.3 is 0 Å². The molecule has 2 N–H and O–H groups in total. The van der Waals surface area contributed by atoms with Crippen molar-refractivity contribution in [3.63, 3.8) is 0 Å². The van der Waals surface area contributed by atoms with Crippen molar-refractivity contribution in [2.75, 3.05) is 5.73 Å². The molecule has 84 valence electrons. The maximum Gasteiger partial charge on any atom is 0.153 e. The van der Waals surface area contributed by atoms with Crippen molar-refractivity contribution in [2.24, 2.45) is 0 Å². The molecule has 2 aromatic heterocycles. The molecule has 2 heterocycles. The third-order valence-electron chi connectivity index (χ3n) is 2.77. The number of aromatic nitrogens is 3. The number of fused-ring (bicyclic) bond motifs is 1. The number of nitrogens with zero attached hydrogens (tertiary/aromatic N) is 3. The molecular formula is C13H12N4. The molecule has 0 unspecified atom stereocenters. The average Bonchev–Trinajstić information content (AvgIpc) is 2.69. The maximum atomic E-state index is 5.89. The summed E-state index contributed by atoms with van der Waals surface area (Å²) in [7, 11) is 0. The first-order valence-electron chi connectivity index (χ1n) is 5.44. The van der Waals surface area contributed by atoms with Crippen LogP contribution in [-0.4, -0.2) is 14.8 Å². The monoisotopic (exact) mass is 224 g/mol. The molecule has 1 aromatic carbocycles. The van der Waals surface area contributed by atoms with Crippen molar-refractivity contribution in [3.8, 4) is 0 Å². The highest BCUT2D eigenvalue weighted by atomic mass is 15.3. The lowest BCUT2D eigenvalue weighted by molar-refractivity contribution is 0.715. The number of nitrogen functional groups attached to an aromatic ring is 1. The molecule has 4 nitrogen and oxygen atoms in total. The third kappa shape index (κ3) is 1.73. The predicted molar refractivity (Wildman–Crippen MR) is 67.5 cm³/mol. The van der Waals surface area contributed by atoms with Gasteiger partial charge in [-0.2, -0.15) is 5.10 Å². The molecule has 3 rings (SSSR count). The van der Waals surface area contributed by atoms with Crippen LogP contribution < -0.4 is 5.73 Å². The van der Waals surface area contributed by atoms with E-state index in [2.05, 4.69) is 10.1 Å². The first kappa shape index (κ1) is 9.84. The van der Waals surface area contributed by atoms with E-state index in [1.807, 2.05) is 41.1 Å². The smallest absolute Gasteiger partial charge is 0.153 e. The second-order valence-corrected chi connectivity index (χ2v) is 3.92. The van der Waals surface area contributed by atoms with E-state index in [-0.39, 0.29) is 0 Å². The second kappa shape index (κ2) is 3.90. The van der Waals surface area contributed by atoms with Gasteiger partial charge < -0.3 is 5.73 Å². The number of benzene rings is 1. The van der Waals surface area contributed by atoms with Crippen LogP contribution in [0.4, 0.5) is 5.82 Å².